The van der Waals surface area contributed by atoms with Crippen LogP contribution in [0.25, 0.3) is 0 Å². The number of hydrogen-bond donors (Lipinski definition) is 0. The fourth-order valence-electron chi connectivity index (χ4n) is 3.19. The normalized spacial score (nSPS) is 10.8. The van der Waals surface area contributed by atoms with Crippen LogP contribution in [0.1, 0.15) is 51.0 Å². The molecule has 146 valence electrons. The van der Waals surface area contributed by atoms with E-state index in [1.165, 1.54) is 6.33 Å². The third kappa shape index (κ3) is 4.36. The fraction of sp³-hybridized carbons (Fsp3) is 0.333. The summed E-state index contributed by atoms with van der Waals surface area (Å²) in [5, 5.41) is 4.05. The van der Waals surface area contributed by atoms with E-state index in [-0.39, 0.29) is 12.4 Å². The molecule has 0 amide bonds. The Morgan fingerprint density at radius 1 is 1.14 bits per heavy atom. The van der Waals surface area contributed by atoms with E-state index < -0.39 is 5.97 Å². The van der Waals surface area contributed by atoms with E-state index in [0.29, 0.717) is 17.7 Å². The van der Waals surface area contributed by atoms with E-state index in [4.69, 9.17) is 4.74 Å². The van der Waals surface area contributed by atoms with E-state index in [9.17, 15) is 9.59 Å². The number of carbonyl (C=O) groups is 2. The number of carbonyl (C=O) groups excluding carboxylic acids is 2. The molecule has 0 unspecified atom stereocenters. The highest BCUT2D eigenvalue weighted by atomic mass is 16.5. The van der Waals surface area contributed by atoms with E-state index in [2.05, 4.69) is 21.6 Å². The van der Waals surface area contributed by atoms with Crippen LogP contribution < -0.4 is 0 Å². The molecule has 0 saturated heterocycles. The number of benzene rings is 1. The maximum Gasteiger partial charge on any atom is 0.338 e. The lowest BCUT2D eigenvalue weighted by Crippen LogP contribution is -2.15. The Bertz CT molecular complexity index is 956. The van der Waals surface area contributed by atoms with Crippen molar-refractivity contribution in [1.82, 2.24) is 19.3 Å². The van der Waals surface area contributed by atoms with Gasteiger partial charge in [0.2, 0.25) is 5.78 Å². The molecule has 28 heavy (non-hydrogen) atoms. The van der Waals surface area contributed by atoms with Gasteiger partial charge in [0.25, 0.3) is 0 Å². The molecule has 7 nitrogen and oxygen atoms in total. The zero-order valence-corrected chi connectivity index (χ0v) is 16.4. The summed E-state index contributed by atoms with van der Waals surface area (Å²) in [4.78, 5) is 28.7. The van der Waals surface area contributed by atoms with Gasteiger partial charge in [-0.15, -0.1) is 0 Å². The maximum atomic E-state index is 12.5. The van der Waals surface area contributed by atoms with E-state index >= 15 is 0 Å². The van der Waals surface area contributed by atoms with Crippen LogP contribution in [-0.2, 0) is 17.8 Å². The van der Waals surface area contributed by atoms with E-state index in [0.717, 1.165) is 29.9 Å². The lowest BCUT2D eigenvalue weighted by molar-refractivity contribution is 0.0474. The molecule has 0 radical (unpaired) electrons. The van der Waals surface area contributed by atoms with Gasteiger partial charge in [0, 0.05) is 23.5 Å². The van der Waals surface area contributed by atoms with Crippen LogP contribution in [-0.4, -0.2) is 37.7 Å². The molecule has 3 aromatic rings. The quantitative estimate of drug-likeness (QED) is 0.443. The third-order valence-corrected chi connectivity index (χ3v) is 4.66. The summed E-state index contributed by atoms with van der Waals surface area (Å²) in [7, 11) is 0. The second-order valence-corrected chi connectivity index (χ2v) is 6.73. The standard InChI is InChI=1S/C21H24N4O3/c1-4-9-25-15(2)10-19(16(25)3)20(26)12-28-21(27)18-7-5-17(6-8-18)11-24-14-22-13-23-24/h5-8,10,13-14H,4,9,11-12H2,1-3H3. The minimum absolute atomic E-state index is 0.188. The summed E-state index contributed by atoms with van der Waals surface area (Å²) >= 11 is 0. The van der Waals surface area contributed by atoms with Gasteiger partial charge in [0.15, 0.2) is 6.61 Å². The Morgan fingerprint density at radius 3 is 2.54 bits per heavy atom. The van der Waals surface area contributed by atoms with Gasteiger partial charge in [0.1, 0.15) is 12.7 Å². The van der Waals surface area contributed by atoms with Crippen molar-refractivity contribution < 1.29 is 14.3 Å². The summed E-state index contributed by atoms with van der Waals surface area (Å²) < 4.78 is 9.04. The lowest BCUT2D eigenvalue weighted by atomic mass is 10.1. The Hall–Kier alpha value is -3.22. The molecule has 0 aliphatic carbocycles. The van der Waals surface area contributed by atoms with Crippen molar-refractivity contribution in [2.75, 3.05) is 6.61 Å². The van der Waals surface area contributed by atoms with Gasteiger partial charge in [0.05, 0.1) is 12.1 Å². The van der Waals surface area contributed by atoms with Gasteiger partial charge in [-0.3, -0.25) is 4.79 Å². The predicted octanol–water partition coefficient (Wildman–Crippen LogP) is 3.19. The van der Waals surface area contributed by atoms with Gasteiger partial charge < -0.3 is 9.30 Å². The minimum atomic E-state index is -0.511. The summed E-state index contributed by atoms with van der Waals surface area (Å²) in [6.07, 6.45) is 4.10. The minimum Gasteiger partial charge on any atom is -0.454 e. The number of aromatic nitrogens is 4. The molecular weight excluding hydrogens is 356 g/mol. The second kappa shape index (κ2) is 8.65. The number of nitrogens with zero attached hydrogens (tertiary/aromatic N) is 4. The van der Waals surface area contributed by atoms with Crippen molar-refractivity contribution in [3.8, 4) is 0 Å². The second-order valence-electron chi connectivity index (χ2n) is 6.73. The molecule has 1 aromatic carbocycles. The molecule has 7 heteroatoms. The molecule has 0 saturated carbocycles. The number of rotatable bonds is 8. The molecular formula is C21H24N4O3. The first-order chi connectivity index (χ1) is 13.5. The fourth-order valence-corrected chi connectivity index (χ4v) is 3.19. The lowest BCUT2D eigenvalue weighted by Gasteiger charge is -2.08. The third-order valence-electron chi connectivity index (χ3n) is 4.66. The van der Waals surface area contributed by atoms with Crippen molar-refractivity contribution in [2.24, 2.45) is 0 Å². The highest BCUT2D eigenvalue weighted by molar-refractivity contribution is 6.00. The first kappa shape index (κ1) is 19.5. The van der Waals surface area contributed by atoms with Crippen LogP contribution in [0.4, 0.5) is 0 Å². The van der Waals surface area contributed by atoms with Crippen LogP contribution in [0.3, 0.4) is 0 Å². The number of ketones is 1. The van der Waals surface area contributed by atoms with E-state index in [1.54, 1.807) is 23.1 Å². The zero-order chi connectivity index (χ0) is 20.1. The van der Waals surface area contributed by atoms with Gasteiger partial charge >= 0.3 is 5.97 Å². The highest BCUT2D eigenvalue weighted by Crippen LogP contribution is 2.17. The van der Waals surface area contributed by atoms with Crippen molar-refractivity contribution in [1.29, 1.82) is 0 Å². The van der Waals surface area contributed by atoms with Crippen LogP contribution in [0, 0.1) is 13.8 Å². The Kier molecular flexibility index (Phi) is 6.03. The summed E-state index contributed by atoms with van der Waals surface area (Å²) in [5.41, 5.74) is 3.96. The van der Waals surface area contributed by atoms with E-state index in [1.807, 2.05) is 32.0 Å². The smallest absolute Gasteiger partial charge is 0.338 e. The molecule has 0 aliphatic rings. The Labute approximate surface area is 164 Å². The van der Waals surface area contributed by atoms with Gasteiger partial charge in [-0.25, -0.2) is 14.5 Å². The number of Topliss-reactive ketones (excluding diaryl/α,β-unsaturated/α-hetero) is 1. The van der Waals surface area contributed by atoms with Gasteiger partial charge in [-0.05, 0) is 44.0 Å². The topological polar surface area (TPSA) is 79.0 Å². The van der Waals surface area contributed by atoms with Crippen LogP contribution in [0.15, 0.2) is 43.0 Å². The SMILES string of the molecule is CCCn1c(C)cc(C(=O)COC(=O)c2ccc(Cn3cncn3)cc2)c1C. The molecule has 0 atom stereocenters. The van der Waals surface area contributed by atoms with Crippen LogP contribution in [0.2, 0.25) is 0 Å². The largest absolute Gasteiger partial charge is 0.454 e. The average molecular weight is 380 g/mol. The van der Waals surface area contributed by atoms with Gasteiger partial charge in [-0.1, -0.05) is 19.1 Å². The number of hydrogen-bond acceptors (Lipinski definition) is 5. The van der Waals surface area contributed by atoms with Crippen LogP contribution >= 0.6 is 0 Å². The van der Waals surface area contributed by atoms with Crippen molar-refractivity contribution in [2.45, 2.75) is 40.3 Å². The van der Waals surface area contributed by atoms with Crippen molar-refractivity contribution in [3.05, 3.63) is 71.1 Å². The van der Waals surface area contributed by atoms with Gasteiger partial charge in [-0.2, -0.15) is 5.10 Å². The predicted molar refractivity (Wildman–Crippen MR) is 104 cm³/mol. The first-order valence-corrected chi connectivity index (χ1v) is 9.28. The molecule has 2 heterocycles. The molecule has 0 fully saturated rings. The average Bonchev–Trinajstić information content (AvgIpc) is 3.30. The summed E-state index contributed by atoms with van der Waals surface area (Å²) in [6.45, 7) is 7.17. The number of aryl methyl sites for hydroxylation is 1. The Morgan fingerprint density at radius 2 is 1.89 bits per heavy atom. The molecule has 0 aliphatic heterocycles. The zero-order valence-electron chi connectivity index (χ0n) is 16.4. The highest BCUT2D eigenvalue weighted by Gasteiger charge is 2.17. The van der Waals surface area contributed by atoms with Crippen LogP contribution in [0.5, 0.6) is 0 Å². The molecule has 0 spiro atoms. The monoisotopic (exact) mass is 380 g/mol. The molecule has 3 rings (SSSR count). The summed E-state index contributed by atoms with van der Waals surface area (Å²) in [6, 6.07) is 8.90. The molecule has 0 N–H and O–H groups in total. The first-order valence-electron chi connectivity index (χ1n) is 9.28. The maximum absolute atomic E-state index is 12.5. The molecule has 0 bridgehead atoms. The molecule has 2 aromatic heterocycles. The Balaban J connectivity index is 1.59. The van der Waals surface area contributed by atoms with Crippen molar-refractivity contribution >= 4 is 11.8 Å². The number of ether oxygens (including phenoxy) is 1. The van der Waals surface area contributed by atoms with Crippen molar-refractivity contribution in [3.63, 3.8) is 0 Å². The summed E-state index contributed by atoms with van der Waals surface area (Å²) in [5.74, 6) is -0.699. The number of esters is 1.